The number of piperidine rings is 1. The zero-order chi connectivity index (χ0) is 18.8. The van der Waals surface area contributed by atoms with Crippen LogP contribution in [0.5, 0.6) is 0 Å². The SMILES string of the molecule is C[C@H]1CCCCN1C(=O)CN1C(=O)S/C(=C\c2ccc(Cl)cc2Cl)C1=O. The largest absolute Gasteiger partial charge is 0.338 e. The molecule has 0 radical (unpaired) electrons. The van der Waals surface area contributed by atoms with Gasteiger partial charge in [0.05, 0.1) is 4.91 Å². The molecule has 26 heavy (non-hydrogen) atoms. The fraction of sp³-hybridized carbons (Fsp3) is 0.389. The number of carbonyl (C=O) groups excluding carboxylic acids is 3. The van der Waals surface area contributed by atoms with Crippen molar-refractivity contribution in [3.8, 4) is 0 Å². The molecule has 0 spiro atoms. The average Bonchev–Trinajstić information content (AvgIpc) is 2.85. The van der Waals surface area contributed by atoms with E-state index in [4.69, 9.17) is 23.2 Å². The predicted molar refractivity (Wildman–Crippen MR) is 104 cm³/mol. The lowest BCUT2D eigenvalue weighted by molar-refractivity contribution is -0.138. The van der Waals surface area contributed by atoms with Crippen molar-refractivity contribution in [3.63, 3.8) is 0 Å². The lowest BCUT2D eigenvalue weighted by Gasteiger charge is -2.34. The Morgan fingerprint density at radius 2 is 2.08 bits per heavy atom. The minimum absolute atomic E-state index is 0.139. The smallest absolute Gasteiger partial charge is 0.294 e. The summed E-state index contributed by atoms with van der Waals surface area (Å²) in [6.07, 6.45) is 4.55. The highest BCUT2D eigenvalue weighted by Crippen LogP contribution is 2.34. The topological polar surface area (TPSA) is 57.7 Å². The molecule has 8 heteroatoms. The molecule has 0 saturated carbocycles. The van der Waals surface area contributed by atoms with E-state index in [9.17, 15) is 14.4 Å². The lowest BCUT2D eigenvalue weighted by atomic mass is 10.0. The van der Waals surface area contributed by atoms with Crippen molar-refractivity contribution in [1.29, 1.82) is 0 Å². The number of benzene rings is 1. The van der Waals surface area contributed by atoms with Gasteiger partial charge < -0.3 is 4.90 Å². The maximum Gasteiger partial charge on any atom is 0.294 e. The van der Waals surface area contributed by atoms with E-state index in [1.165, 1.54) is 0 Å². The number of amides is 3. The fourth-order valence-corrected chi connectivity index (χ4v) is 4.38. The van der Waals surface area contributed by atoms with Gasteiger partial charge in [0.15, 0.2) is 0 Å². The van der Waals surface area contributed by atoms with E-state index in [1.807, 2.05) is 6.92 Å². The summed E-state index contributed by atoms with van der Waals surface area (Å²) in [5, 5.41) is 0.438. The summed E-state index contributed by atoms with van der Waals surface area (Å²) >= 11 is 12.8. The summed E-state index contributed by atoms with van der Waals surface area (Å²) < 4.78 is 0. The number of thioether (sulfide) groups is 1. The van der Waals surface area contributed by atoms with Gasteiger partial charge in [-0.2, -0.15) is 0 Å². The van der Waals surface area contributed by atoms with Crippen LogP contribution in [0.15, 0.2) is 23.1 Å². The standard InChI is InChI=1S/C18H18Cl2N2O3S/c1-11-4-2-3-7-21(11)16(23)10-22-17(24)15(26-18(22)25)8-12-5-6-13(19)9-14(12)20/h5-6,8-9,11H,2-4,7,10H2,1H3/b15-8-/t11-/m0/s1. The van der Waals surface area contributed by atoms with Gasteiger partial charge in [-0.3, -0.25) is 19.3 Å². The highest BCUT2D eigenvalue weighted by atomic mass is 35.5. The summed E-state index contributed by atoms with van der Waals surface area (Å²) in [4.78, 5) is 40.3. The van der Waals surface area contributed by atoms with Gasteiger partial charge >= 0.3 is 0 Å². The molecule has 1 atom stereocenters. The third-order valence-corrected chi connectivity index (χ3v) is 6.01. The molecule has 3 rings (SSSR count). The number of hydrogen-bond acceptors (Lipinski definition) is 4. The van der Waals surface area contributed by atoms with E-state index >= 15 is 0 Å². The maximum atomic E-state index is 12.6. The average molecular weight is 413 g/mol. The van der Waals surface area contributed by atoms with Crippen molar-refractivity contribution in [2.75, 3.05) is 13.1 Å². The van der Waals surface area contributed by atoms with Crippen molar-refractivity contribution >= 4 is 58.1 Å². The second kappa shape index (κ2) is 8.03. The van der Waals surface area contributed by atoms with Crippen molar-refractivity contribution in [2.24, 2.45) is 0 Å². The summed E-state index contributed by atoms with van der Waals surface area (Å²) in [5.74, 6) is -0.658. The van der Waals surface area contributed by atoms with E-state index in [0.717, 1.165) is 35.9 Å². The van der Waals surface area contributed by atoms with Gasteiger partial charge in [0, 0.05) is 22.6 Å². The molecule has 2 aliphatic heterocycles. The molecule has 0 bridgehead atoms. The minimum Gasteiger partial charge on any atom is -0.338 e. The molecular formula is C18H18Cl2N2O3S. The van der Waals surface area contributed by atoms with E-state index in [1.54, 1.807) is 29.2 Å². The second-order valence-corrected chi connectivity index (χ2v) is 8.20. The summed E-state index contributed by atoms with van der Waals surface area (Å²) in [7, 11) is 0. The molecular weight excluding hydrogens is 395 g/mol. The fourth-order valence-electron chi connectivity index (χ4n) is 3.09. The van der Waals surface area contributed by atoms with Gasteiger partial charge in [-0.1, -0.05) is 29.3 Å². The van der Waals surface area contributed by atoms with Crippen LogP contribution in [0.4, 0.5) is 4.79 Å². The maximum absolute atomic E-state index is 12.6. The van der Waals surface area contributed by atoms with E-state index in [-0.39, 0.29) is 23.4 Å². The van der Waals surface area contributed by atoms with Crippen LogP contribution in [-0.4, -0.2) is 46.0 Å². The normalized spacial score (nSPS) is 22.4. The van der Waals surface area contributed by atoms with Gasteiger partial charge in [-0.25, -0.2) is 0 Å². The van der Waals surface area contributed by atoms with Crippen molar-refractivity contribution < 1.29 is 14.4 Å². The highest BCUT2D eigenvalue weighted by molar-refractivity contribution is 8.18. The van der Waals surface area contributed by atoms with Crippen molar-refractivity contribution in [1.82, 2.24) is 9.80 Å². The number of rotatable bonds is 3. The third kappa shape index (κ3) is 4.08. The van der Waals surface area contributed by atoms with Crippen LogP contribution in [0.1, 0.15) is 31.7 Å². The number of halogens is 2. The Labute approximate surface area is 166 Å². The van der Waals surface area contributed by atoms with E-state index in [0.29, 0.717) is 22.2 Å². The summed E-state index contributed by atoms with van der Waals surface area (Å²) in [5.41, 5.74) is 0.595. The van der Waals surface area contributed by atoms with Crippen molar-refractivity contribution in [3.05, 3.63) is 38.7 Å². The number of imide groups is 1. The van der Waals surface area contributed by atoms with Gasteiger partial charge in [0.2, 0.25) is 5.91 Å². The zero-order valence-corrected chi connectivity index (χ0v) is 16.5. The molecule has 2 saturated heterocycles. The van der Waals surface area contributed by atoms with Crippen LogP contribution < -0.4 is 0 Å². The lowest BCUT2D eigenvalue weighted by Crippen LogP contribution is -2.47. The highest BCUT2D eigenvalue weighted by Gasteiger charge is 2.38. The van der Waals surface area contributed by atoms with Gasteiger partial charge in [-0.15, -0.1) is 0 Å². The first-order valence-electron chi connectivity index (χ1n) is 8.36. The van der Waals surface area contributed by atoms with Crippen LogP contribution in [0.25, 0.3) is 6.08 Å². The first kappa shape index (κ1) is 19.3. The molecule has 0 N–H and O–H groups in total. The Bertz CT molecular complexity index is 797. The Hall–Kier alpha value is -1.50. The molecule has 2 aliphatic rings. The Morgan fingerprint density at radius 1 is 1.31 bits per heavy atom. The first-order chi connectivity index (χ1) is 12.4. The van der Waals surface area contributed by atoms with Crippen LogP contribution >= 0.6 is 35.0 Å². The molecule has 2 fully saturated rings. The van der Waals surface area contributed by atoms with Crippen molar-refractivity contribution in [2.45, 2.75) is 32.2 Å². The number of hydrogen-bond donors (Lipinski definition) is 0. The third-order valence-electron chi connectivity index (χ3n) is 4.54. The number of nitrogens with zero attached hydrogens (tertiary/aromatic N) is 2. The number of carbonyl (C=O) groups is 3. The summed E-state index contributed by atoms with van der Waals surface area (Å²) in [6, 6.07) is 5.05. The minimum atomic E-state index is -0.468. The van der Waals surface area contributed by atoms with Crippen LogP contribution in [0.3, 0.4) is 0 Å². The van der Waals surface area contributed by atoms with Gasteiger partial charge in [-0.05, 0) is 61.7 Å². The first-order valence-corrected chi connectivity index (χ1v) is 9.94. The molecule has 0 unspecified atom stereocenters. The molecule has 1 aromatic rings. The van der Waals surface area contributed by atoms with Gasteiger partial charge in [0.1, 0.15) is 6.54 Å². The Morgan fingerprint density at radius 3 is 2.77 bits per heavy atom. The van der Waals surface area contributed by atoms with Crippen LogP contribution in [0.2, 0.25) is 10.0 Å². The molecule has 2 heterocycles. The molecule has 1 aromatic carbocycles. The quantitative estimate of drug-likeness (QED) is 0.688. The predicted octanol–water partition coefficient (Wildman–Crippen LogP) is 4.43. The number of likely N-dealkylation sites (tertiary alicyclic amines) is 1. The van der Waals surface area contributed by atoms with Crippen LogP contribution in [-0.2, 0) is 9.59 Å². The molecule has 0 aliphatic carbocycles. The monoisotopic (exact) mass is 412 g/mol. The second-order valence-electron chi connectivity index (χ2n) is 6.37. The molecule has 138 valence electrons. The molecule has 3 amide bonds. The van der Waals surface area contributed by atoms with E-state index < -0.39 is 11.1 Å². The van der Waals surface area contributed by atoms with Crippen LogP contribution in [0, 0.1) is 0 Å². The van der Waals surface area contributed by atoms with Gasteiger partial charge in [0.25, 0.3) is 11.1 Å². The Kier molecular flexibility index (Phi) is 5.95. The molecule has 0 aromatic heterocycles. The van der Waals surface area contributed by atoms with E-state index in [2.05, 4.69) is 0 Å². The molecule has 5 nitrogen and oxygen atoms in total. The Balaban J connectivity index is 1.74. The zero-order valence-electron chi connectivity index (χ0n) is 14.2. The summed E-state index contributed by atoms with van der Waals surface area (Å²) in [6.45, 7) is 2.44.